The third-order valence-electron chi connectivity index (χ3n) is 5.91. The summed E-state index contributed by atoms with van der Waals surface area (Å²) in [6.45, 7) is 12.6. The minimum Gasteiger partial charge on any atom is -0.377 e. The summed E-state index contributed by atoms with van der Waals surface area (Å²) in [6.07, 6.45) is 6.58. The summed E-state index contributed by atoms with van der Waals surface area (Å²) in [5.74, 6) is 0. The number of ether oxygens (including phenoxy) is 1. The highest BCUT2D eigenvalue weighted by Gasteiger charge is 2.43. The molecule has 0 amide bonds. The molecule has 1 aromatic carbocycles. The molecule has 7 heteroatoms. The Bertz CT molecular complexity index is 631. The van der Waals surface area contributed by atoms with E-state index in [9.17, 15) is 0 Å². The monoisotopic (exact) mass is 493 g/mol. The van der Waals surface area contributed by atoms with Gasteiger partial charge in [-0.2, -0.15) is 5.06 Å². The van der Waals surface area contributed by atoms with Crippen LogP contribution in [0.4, 0.5) is 0 Å². The van der Waals surface area contributed by atoms with E-state index in [1.54, 1.807) is 0 Å². The summed E-state index contributed by atoms with van der Waals surface area (Å²) in [5.41, 5.74) is 2.46. The van der Waals surface area contributed by atoms with E-state index in [2.05, 4.69) is 63.9 Å². The lowest BCUT2D eigenvalue weighted by atomic mass is 9.82. The van der Waals surface area contributed by atoms with Gasteiger partial charge in [0.15, 0.2) is 0 Å². The maximum Gasteiger partial charge on any atom is 0.341 e. The van der Waals surface area contributed by atoms with Crippen molar-refractivity contribution in [3.05, 3.63) is 35.4 Å². The lowest BCUT2D eigenvalue weighted by molar-refractivity contribution is -0.304. The number of halogens is 3. The van der Waals surface area contributed by atoms with E-state index in [1.807, 2.05) is 0 Å². The summed E-state index contributed by atoms with van der Waals surface area (Å²) in [7, 11) is 0. The molecule has 1 unspecified atom stereocenters. The standard InChI is InChI=1S/C23H38Cl3NO2Si/c1-19(29-27-22(2,3)14-9-15-23(27,4)5)21-12-10-20(11-13-21)18-28-16-7-6-8-17-30(24,25)26/h10-13,19H,6-9,14-18H2,1-5H3. The molecule has 30 heavy (non-hydrogen) atoms. The van der Waals surface area contributed by atoms with Gasteiger partial charge in [-0.25, -0.2) is 0 Å². The second-order valence-corrected chi connectivity index (χ2v) is 19.0. The lowest BCUT2D eigenvalue weighted by Gasteiger charge is -2.52. The van der Waals surface area contributed by atoms with Gasteiger partial charge in [0, 0.05) is 17.7 Å². The lowest BCUT2D eigenvalue weighted by Crippen LogP contribution is -2.58. The fourth-order valence-corrected chi connectivity index (χ4v) is 6.12. The summed E-state index contributed by atoms with van der Waals surface area (Å²) < 4.78 is 5.80. The quantitative estimate of drug-likeness (QED) is 0.176. The predicted octanol–water partition coefficient (Wildman–Crippen LogP) is 8.06. The Hall–Kier alpha value is 0.187. The molecule has 0 bridgehead atoms. The molecule has 1 atom stereocenters. The summed E-state index contributed by atoms with van der Waals surface area (Å²) in [6, 6.07) is 6.84. The Morgan fingerprint density at radius 2 is 1.57 bits per heavy atom. The van der Waals surface area contributed by atoms with Crippen LogP contribution in [0.3, 0.4) is 0 Å². The third kappa shape index (κ3) is 8.61. The van der Waals surface area contributed by atoms with Gasteiger partial charge in [-0.15, -0.1) is 33.2 Å². The van der Waals surface area contributed by atoms with E-state index in [1.165, 1.54) is 17.5 Å². The second kappa shape index (κ2) is 11.4. The minimum absolute atomic E-state index is 0.0121. The minimum atomic E-state index is -2.46. The van der Waals surface area contributed by atoms with Crippen LogP contribution in [0.5, 0.6) is 0 Å². The van der Waals surface area contributed by atoms with E-state index in [0.29, 0.717) is 6.61 Å². The van der Waals surface area contributed by atoms with Crippen LogP contribution < -0.4 is 0 Å². The SMILES string of the molecule is CC(ON1C(C)(C)CCCC1(C)C)c1ccc(COCCCCC[Si](Cl)(Cl)Cl)cc1. The first-order valence-corrected chi connectivity index (χ1v) is 16.4. The molecule has 1 aliphatic rings. The second-order valence-electron chi connectivity index (χ2n) is 9.74. The van der Waals surface area contributed by atoms with Crippen LogP contribution >= 0.6 is 33.2 Å². The Morgan fingerprint density at radius 1 is 0.967 bits per heavy atom. The van der Waals surface area contributed by atoms with Crippen LogP contribution in [-0.4, -0.2) is 28.8 Å². The Kier molecular flexibility index (Phi) is 10.0. The van der Waals surface area contributed by atoms with E-state index in [0.717, 1.165) is 44.8 Å². The van der Waals surface area contributed by atoms with Crippen molar-refractivity contribution in [2.24, 2.45) is 0 Å². The number of benzene rings is 1. The van der Waals surface area contributed by atoms with Gasteiger partial charge in [0.1, 0.15) is 6.10 Å². The average molecular weight is 495 g/mol. The van der Waals surface area contributed by atoms with E-state index >= 15 is 0 Å². The average Bonchev–Trinajstić information content (AvgIpc) is 2.63. The van der Waals surface area contributed by atoms with Crippen LogP contribution in [0.15, 0.2) is 24.3 Å². The zero-order valence-corrected chi connectivity index (χ0v) is 22.4. The van der Waals surface area contributed by atoms with Crippen molar-refractivity contribution in [2.45, 2.75) is 103 Å². The largest absolute Gasteiger partial charge is 0.377 e. The van der Waals surface area contributed by atoms with Gasteiger partial charge in [0.25, 0.3) is 0 Å². The summed E-state index contributed by atoms with van der Waals surface area (Å²) in [4.78, 5) is 6.48. The van der Waals surface area contributed by atoms with E-state index < -0.39 is 6.00 Å². The van der Waals surface area contributed by atoms with Crippen molar-refractivity contribution in [3.63, 3.8) is 0 Å². The fraction of sp³-hybridized carbons (Fsp3) is 0.739. The van der Waals surface area contributed by atoms with Gasteiger partial charge >= 0.3 is 6.00 Å². The number of rotatable bonds is 11. The number of hydrogen-bond acceptors (Lipinski definition) is 3. The third-order valence-corrected chi connectivity index (χ3v) is 8.53. The predicted molar refractivity (Wildman–Crippen MR) is 131 cm³/mol. The van der Waals surface area contributed by atoms with Crippen molar-refractivity contribution < 1.29 is 9.57 Å². The van der Waals surface area contributed by atoms with Gasteiger partial charge in [-0.1, -0.05) is 37.1 Å². The molecule has 0 aliphatic carbocycles. The van der Waals surface area contributed by atoms with Gasteiger partial charge < -0.3 is 4.74 Å². The van der Waals surface area contributed by atoms with Crippen LogP contribution in [0.25, 0.3) is 0 Å². The maximum atomic E-state index is 6.48. The number of unbranched alkanes of at least 4 members (excludes halogenated alkanes) is 2. The first-order valence-electron chi connectivity index (χ1n) is 11.1. The molecule has 1 heterocycles. The van der Waals surface area contributed by atoms with Crippen molar-refractivity contribution in [3.8, 4) is 0 Å². The van der Waals surface area contributed by atoms with Gasteiger partial charge in [-0.05, 0) is 77.5 Å². The van der Waals surface area contributed by atoms with Gasteiger partial charge in [-0.3, -0.25) is 4.84 Å². The molecule has 0 aromatic heterocycles. The smallest absolute Gasteiger partial charge is 0.341 e. The van der Waals surface area contributed by atoms with Crippen LogP contribution in [0.2, 0.25) is 6.04 Å². The Labute approximate surface area is 198 Å². The number of hydroxylamine groups is 2. The molecular formula is C23H38Cl3NO2Si. The van der Waals surface area contributed by atoms with Crippen LogP contribution in [-0.2, 0) is 16.2 Å². The zero-order valence-electron chi connectivity index (χ0n) is 19.1. The molecule has 1 aliphatic heterocycles. The number of piperidine rings is 1. The number of nitrogens with zero attached hydrogens (tertiary/aromatic N) is 1. The Balaban J connectivity index is 1.77. The topological polar surface area (TPSA) is 21.7 Å². The van der Waals surface area contributed by atoms with Crippen molar-refractivity contribution in [1.29, 1.82) is 0 Å². The highest BCUT2D eigenvalue weighted by molar-refractivity contribution is 7.64. The van der Waals surface area contributed by atoms with Crippen LogP contribution in [0, 0.1) is 0 Å². The van der Waals surface area contributed by atoms with Crippen molar-refractivity contribution >= 4 is 39.2 Å². The van der Waals surface area contributed by atoms with E-state index in [4.69, 9.17) is 42.8 Å². The molecule has 172 valence electrons. The molecular weight excluding hydrogens is 457 g/mol. The molecule has 3 nitrogen and oxygen atoms in total. The summed E-state index contributed by atoms with van der Waals surface area (Å²) in [5, 5.41) is 2.23. The fourth-order valence-electron chi connectivity index (χ4n) is 4.26. The van der Waals surface area contributed by atoms with Crippen molar-refractivity contribution in [1.82, 2.24) is 5.06 Å². The molecule has 0 spiro atoms. The molecule has 1 saturated heterocycles. The first-order chi connectivity index (χ1) is 13.9. The number of hydrogen-bond donors (Lipinski definition) is 0. The first kappa shape index (κ1) is 26.4. The molecule has 2 rings (SSSR count). The molecule has 0 N–H and O–H groups in total. The van der Waals surface area contributed by atoms with Gasteiger partial charge in [0.2, 0.25) is 0 Å². The van der Waals surface area contributed by atoms with Gasteiger partial charge in [0.05, 0.1) is 6.61 Å². The summed E-state index contributed by atoms with van der Waals surface area (Å²) >= 11 is 17.7. The van der Waals surface area contributed by atoms with Crippen LogP contribution in [0.1, 0.15) is 90.4 Å². The highest BCUT2D eigenvalue weighted by atomic mass is 35.8. The molecule has 1 aromatic rings. The Morgan fingerprint density at radius 3 is 2.13 bits per heavy atom. The normalized spacial score (nSPS) is 20.3. The van der Waals surface area contributed by atoms with E-state index in [-0.39, 0.29) is 17.2 Å². The zero-order chi connectivity index (χ0) is 22.4. The maximum absolute atomic E-state index is 6.48. The molecule has 1 fully saturated rings. The highest BCUT2D eigenvalue weighted by Crippen LogP contribution is 2.40. The van der Waals surface area contributed by atoms with Crippen molar-refractivity contribution in [2.75, 3.05) is 6.61 Å². The molecule has 0 saturated carbocycles. The molecule has 0 radical (unpaired) electrons.